The van der Waals surface area contributed by atoms with Gasteiger partial charge in [-0.3, -0.25) is 9.59 Å². The molecule has 0 saturated carbocycles. The van der Waals surface area contributed by atoms with Gasteiger partial charge in [-0.05, 0) is 13.0 Å². The number of hydrogen-bond donors (Lipinski definition) is 1. The van der Waals surface area contributed by atoms with Crippen LogP contribution in [0.3, 0.4) is 0 Å². The van der Waals surface area contributed by atoms with Crippen molar-refractivity contribution in [2.45, 2.75) is 6.92 Å². The molecule has 0 aliphatic heterocycles. The number of methoxy groups -OCH3 is 2. The third-order valence-corrected chi connectivity index (χ3v) is 4.49. The van der Waals surface area contributed by atoms with E-state index in [0.717, 1.165) is 6.08 Å². The highest BCUT2D eigenvalue weighted by Crippen LogP contribution is 2.35. The summed E-state index contributed by atoms with van der Waals surface area (Å²) in [5, 5.41) is 3.15. The first kappa shape index (κ1) is 21.5. The highest BCUT2D eigenvalue weighted by molar-refractivity contribution is 6.49. The molecule has 10 heteroatoms. The standard InChI is InChI=1S/C20H20ClN3O6/c1-4-29-19-14(25)8-13(18(26)17(19)21)24-20-11-7-15(28-3)16(30-6-5-27-2)9-12(11)22-10-23-20/h7-10H,4-6H2,1-3H3,(H,22,23,24). The molecular weight excluding hydrogens is 414 g/mol. The van der Waals surface area contributed by atoms with Gasteiger partial charge in [0.2, 0.25) is 11.6 Å². The minimum Gasteiger partial charge on any atom is -0.493 e. The fraction of sp³-hybridized carbons (Fsp3) is 0.300. The number of hydrogen-bond acceptors (Lipinski definition) is 9. The van der Waals surface area contributed by atoms with Gasteiger partial charge in [-0.1, -0.05) is 11.6 Å². The maximum absolute atomic E-state index is 12.6. The van der Waals surface area contributed by atoms with Gasteiger partial charge in [0.25, 0.3) is 0 Å². The zero-order valence-electron chi connectivity index (χ0n) is 16.7. The van der Waals surface area contributed by atoms with Gasteiger partial charge in [0.05, 0.1) is 31.5 Å². The molecule has 0 amide bonds. The molecule has 0 saturated heterocycles. The van der Waals surface area contributed by atoms with E-state index in [4.69, 9.17) is 30.5 Å². The predicted molar refractivity (Wildman–Crippen MR) is 110 cm³/mol. The fourth-order valence-corrected chi connectivity index (χ4v) is 3.01. The number of nitrogens with zero attached hydrogens (tertiary/aromatic N) is 2. The molecule has 0 fully saturated rings. The zero-order valence-corrected chi connectivity index (χ0v) is 17.4. The molecule has 1 aromatic heterocycles. The molecule has 158 valence electrons. The molecule has 1 aromatic carbocycles. The monoisotopic (exact) mass is 433 g/mol. The lowest BCUT2D eigenvalue weighted by atomic mass is 10.1. The third-order valence-electron chi connectivity index (χ3n) is 4.15. The first-order valence-corrected chi connectivity index (χ1v) is 9.42. The first-order chi connectivity index (χ1) is 14.5. The maximum atomic E-state index is 12.6. The van der Waals surface area contributed by atoms with E-state index in [1.165, 1.54) is 13.4 Å². The third kappa shape index (κ3) is 4.37. The van der Waals surface area contributed by atoms with Gasteiger partial charge in [-0.15, -0.1) is 0 Å². The lowest BCUT2D eigenvalue weighted by Crippen LogP contribution is -2.23. The quantitative estimate of drug-likeness (QED) is 0.471. The number of fused-ring (bicyclic) bond motifs is 1. The summed E-state index contributed by atoms with van der Waals surface area (Å²) >= 11 is 6.04. The lowest BCUT2D eigenvalue weighted by Gasteiger charge is -2.17. The van der Waals surface area contributed by atoms with Crippen molar-refractivity contribution in [2.75, 3.05) is 39.4 Å². The molecule has 0 unspecified atom stereocenters. The summed E-state index contributed by atoms with van der Waals surface area (Å²) < 4.78 is 21.2. The van der Waals surface area contributed by atoms with E-state index in [1.807, 2.05) is 0 Å². The molecule has 2 aromatic rings. The lowest BCUT2D eigenvalue weighted by molar-refractivity contribution is -0.117. The van der Waals surface area contributed by atoms with Crippen LogP contribution in [0, 0.1) is 0 Å². The Labute approximate surface area is 177 Å². The van der Waals surface area contributed by atoms with Crippen molar-refractivity contribution in [3.63, 3.8) is 0 Å². The van der Waals surface area contributed by atoms with Crippen molar-refractivity contribution < 1.29 is 28.5 Å². The van der Waals surface area contributed by atoms with Crippen molar-refractivity contribution in [2.24, 2.45) is 0 Å². The molecular formula is C20H20ClN3O6. The molecule has 9 nitrogen and oxygen atoms in total. The Morgan fingerprint density at radius 2 is 1.87 bits per heavy atom. The average molecular weight is 434 g/mol. The summed E-state index contributed by atoms with van der Waals surface area (Å²) in [7, 11) is 3.09. The van der Waals surface area contributed by atoms with Crippen LogP contribution in [0.4, 0.5) is 5.82 Å². The van der Waals surface area contributed by atoms with E-state index in [9.17, 15) is 9.59 Å². The number of carbonyl (C=O) groups excluding carboxylic acids is 2. The largest absolute Gasteiger partial charge is 0.493 e. The number of allylic oxidation sites excluding steroid dienone is 2. The fourth-order valence-electron chi connectivity index (χ4n) is 2.76. The van der Waals surface area contributed by atoms with E-state index in [0.29, 0.717) is 41.4 Å². The number of Topliss-reactive ketones (excluding diaryl/α,β-unsaturated/α-hetero) is 1. The van der Waals surface area contributed by atoms with E-state index in [-0.39, 0.29) is 23.1 Å². The van der Waals surface area contributed by atoms with Crippen LogP contribution in [0.2, 0.25) is 0 Å². The smallest absolute Gasteiger partial charge is 0.224 e. The second-order valence-corrected chi connectivity index (χ2v) is 6.41. The summed E-state index contributed by atoms with van der Waals surface area (Å²) in [5.74, 6) is 0.00198. The topological polar surface area (TPSA) is 109 Å². The Morgan fingerprint density at radius 1 is 1.07 bits per heavy atom. The van der Waals surface area contributed by atoms with Crippen LogP contribution >= 0.6 is 11.6 Å². The molecule has 1 aliphatic rings. The molecule has 30 heavy (non-hydrogen) atoms. The number of benzene rings is 1. The Balaban J connectivity index is 1.94. The van der Waals surface area contributed by atoms with Gasteiger partial charge < -0.3 is 24.3 Å². The number of anilines is 1. The number of nitrogens with one attached hydrogen (secondary N) is 1. The van der Waals surface area contributed by atoms with E-state index in [2.05, 4.69) is 15.3 Å². The Morgan fingerprint density at radius 3 is 2.57 bits per heavy atom. The van der Waals surface area contributed by atoms with Gasteiger partial charge in [0.15, 0.2) is 17.3 Å². The van der Waals surface area contributed by atoms with Crippen molar-refractivity contribution in [1.29, 1.82) is 0 Å². The SMILES string of the molecule is CCOC1=C(Cl)C(=O)C(Nc2ncnc3cc(OCCOC)c(OC)cc23)=CC1=O. The van der Waals surface area contributed by atoms with Crippen LogP contribution in [-0.2, 0) is 19.1 Å². The van der Waals surface area contributed by atoms with Crippen LogP contribution in [-0.4, -0.2) is 55.6 Å². The molecule has 0 radical (unpaired) electrons. The normalized spacial score (nSPS) is 14.1. The van der Waals surface area contributed by atoms with E-state index >= 15 is 0 Å². The van der Waals surface area contributed by atoms with Crippen LogP contribution < -0.4 is 14.8 Å². The number of rotatable bonds is 9. The van der Waals surface area contributed by atoms with Crippen LogP contribution in [0.1, 0.15) is 6.92 Å². The molecule has 1 N–H and O–H groups in total. The second kappa shape index (κ2) is 9.55. The van der Waals surface area contributed by atoms with Gasteiger partial charge in [-0.25, -0.2) is 9.97 Å². The second-order valence-electron chi connectivity index (χ2n) is 6.04. The molecule has 1 aliphatic carbocycles. The van der Waals surface area contributed by atoms with Crippen molar-refractivity contribution in [1.82, 2.24) is 9.97 Å². The summed E-state index contributed by atoms with van der Waals surface area (Å²) in [4.78, 5) is 33.3. The molecule has 3 rings (SSSR count). The van der Waals surface area contributed by atoms with Crippen LogP contribution in [0.25, 0.3) is 10.9 Å². The molecule has 0 bridgehead atoms. The van der Waals surface area contributed by atoms with E-state index < -0.39 is 11.6 Å². The molecule has 0 atom stereocenters. The summed E-state index contributed by atoms with van der Waals surface area (Å²) in [5.41, 5.74) is 0.528. The minimum atomic E-state index is -0.571. The van der Waals surface area contributed by atoms with Crippen molar-refractivity contribution >= 4 is 39.9 Å². The summed E-state index contributed by atoms with van der Waals surface area (Å²) in [6.07, 6.45) is 2.46. The number of ether oxygens (including phenoxy) is 4. The Bertz CT molecular complexity index is 1050. The zero-order chi connectivity index (χ0) is 21.7. The average Bonchev–Trinajstić information content (AvgIpc) is 2.74. The Kier molecular flexibility index (Phi) is 6.86. The van der Waals surface area contributed by atoms with Crippen LogP contribution in [0.5, 0.6) is 11.5 Å². The Hall–Kier alpha value is -3.17. The number of ketones is 2. The number of halogens is 1. The molecule has 1 heterocycles. The van der Waals surface area contributed by atoms with Gasteiger partial charge in [0, 0.05) is 24.6 Å². The van der Waals surface area contributed by atoms with Crippen molar-refractivity contribution in [3.8, 4) is 11.5 Å². The number of aromatic nitrogens is 2. The highest BCUT2D eigenvalue weighted by atomic mass is 35.5. The number of carbonyl (C=O) groups is 2. The van der Waals surface area contributed by atoms with E-state index in [1.54, 1.807) is 26.2 Å². The van der Waals surface area contributed by atoms with Gasteiger partial charge >= 0.3 is 0 Å². The summed E-state index contributed by atoms with van der Waals surface area (Å²) in [6, 6.07) is 3.37. The van der Waals surface area contributed by atoms with Crippen LogP contribution in [0.15, 0.2) is 41.0 Å². The predicted octanol–water partition coefficient (Wildman–Crippen LogP) is 2.60. The van der Waals surface area contributed by atoms with Gasteiger partial charge in [-0.2, -0.15) is 0 Å². The highest BCUT2D eigenvalue weighted by Gasteiger charge is 2.29. The summed E-state index contributed by atoms with van der Waals surface area (Å²) in [6.45, 7) is 2.66. The van der Waals surface area contributed by atoms with Gasteiger partial charge in [0.1, 0.15) is 23.8 Å². The maximum Gasteiger partial charge on any atom is 0.224 e. The van der Waals surface area contributed by atoms with Crippen molar-refractivity contribution in [3.05, 3.63) is 41.0 Å². The minimum absolute atomic E-state index is 0.0205. The first-order valence-electron chi connectivity index (χ1n) is 9.04. The molecule has 0 spiro atoms.